The number of carbonyl (C=O) groups excluding carboxylic acids is 2. The van der Waals surface area contributed by atoms with Crippen molar-refractivity contribution in [1.82, 2.24) is 0 Å². The second-order valence-electron chi connectivity index (χ2n) is 8.57. The number of anilines is 1. The number of morpholine rings is 1. The van der Waals surface area contributed by atoms with Crippen LogP contribution in [-0.4, -0.2) is 48.6 Å². The van der Waals surface area contributed by atoms with Crippen LogP contribution in [0.3, 0.4) is 0 Å². The zero-order valence-corrected chi connectivity index (χ0v) is 19.7. The summed E-state index contributed by atoms with van der Waals surface area (Å²) in [6.45, 7) is 14.2. The van der Waals surface area contributed by atoms with Gasteiger partial charge in [0.25, 0.3) is 0 Å². The van der Waals surface area contributed by atoms with Crippen molar-refractivity contribution in [3.63, 3.8) is 0 Å². The summed E-state index contributed by atoms with van der Waals surface area (Å²) in [7, 11) is 0. The highest BCUT2D eigenvalue weighted by Gasteiger charge is 2.24. The molecule has 2 aromatic rings. The monoisotopic (exact) mass is 437 g/mol. The fraction of sp³-hybridized carbons (Fsp3) is 0.407. The summed E-state index contributed by atoms with van der Waals surface area (Å²) in [5, 5.41) is 9.55. The van der Waals surface area contributed by atoms with Crippen LogP contribution in [0.25, 0.3) is 5.57 Å². The molecule has 32 heavy (non-hydrogen) atoms. The molecular formula is C27H35NO4. The highest BCUT2D eigenvalue weighted by Crippen LogP contribution is 2.18. The van der Waals surface area contributed by atoms with E-state index in [-0.39, 0.29) is 11.6 Å². The number of benzene rings is 2. The zero-order chi connectivity index (χ0) is 23.7. The number of nitrogens with zero attached hydrogens (tertiary/aromatic N) is 1. The predicted molar refractivity (Wildman–Crippen MR) is 130 cm³/mol. The Bertz CT molecular complexity index is 902. The smallest absolute Gasteiger partial charge is 0.193 e. The van der Waals surface area contributed by atoms with Gasteiger partial charge in [-0.05, 0) is 57.0 Å². The quantitative estimate of drug-likeness (QED) is 0.605. The number of ketones is 2. The average Bonchev–Trinajstić information content (AvgIpc) is 2.79. The van der Waals surface area contributed by atoms with Crippen molar-refractivity contribution in [2.24, 2.45) is 0 Å². The zero-order valence-electron chi connectivity index (χ0n) is 19.7. The van der Waals surface area contributed by atoms with Crippen molar-refractivity contribution < 1.29 is 19.4 Å². The molecule has 1 saturated heterocycles. The van der Waals surface area contributed by atoms with Gasteiger partial charge in [-0.2, -0.15) is 0 Å². The predicted octanol–water partition coefficient (Wildman–Crippen LogP) is 5.18. The van der Waals surface area contributed by atoms with Gasteiger partial charge < -0.3 is 14.7 Å². The minimum Gasteiger partial charge on any atom is -0.382 e. The van der Waals surface area contributed by atoms with Gasteiger partial charge in [0.1, 0.15) is 5.60 Å². The van der Waals surface area contributed by atoms with Gasteiger partial charge in [0.2, 0.25) is 0 Å². The summed E-state index contributed by atoms with van der Waals surface area (Å²) in [4.78, 5) is 25.7. The molecule has 2 aromatic carbocycles. The Labute approximate surface area is 191 Å². The minimum absolute atomic E-state index is 0.237. The SMILES string of the molecule is C=C(C)c1ccc(C(=O)C(C)(C)O)cc1.CCCC(=O)c1ccc(N2CCOCC2)cc1. The van der Waals surface area contributed by atoms with E-state index in [2.05, 4.69) is 11.5 Å². The van der Waals surface area contributed by atoms with Crippen LogP contribution >= 0.6 is 0 Å². The summed E-state index contributed by atoms with van der Waals surface area (Å²) in [5.74, 6) is -0.0307. The van der Waals surface area contributed by atoms with E-state index in [9.17, 15) is 14.7 Å². The van der Waals surface area contributed by atoms with Crippen LogP contribution in [0.1, 0.15) is 66.8 Å². The molecule has 0 aliphatic carbocycles. The van der Waals surface area contributed by atoms with E-state index in [0.29, 0.717) is 12.0 Å². The maximum atomic E-state index is 11.7. The number of aliphatic hydroxyl groups is 1. The van der Waals surface area contributed by atoms with Gasteiger partial charge in [0.05, 0.1) is 13.2 Å². The molecule has 0 atom stereocenters. The highest BCUT2D eigenvalue weighted by atomic mass is 16.5. The van der Waals surface area contributed by atoms with Crippen LogP contribution in [0, 0.1) is 0 Å². The Morgan fingerprint density at radius 3 is 1.94 bits per heavy atom. The van der Waals surface area contributed by atoms with E-state index in [0.717, 1.165) is 49.4 Å². The van der Waals surface area contributed by atoms with E-state index in [1.807, 2.05) is 50.2 Å². The van der Waals surface area contributed by atoms with Crippen molar-refractivity contribution in [2.45, 2.75) is 46.1 Å². The Morgan fingerprint density at radius 2 is 1.47 bits per heavy atom. The summed E-state index contributed by atoms with van der Waals surface area (Å²) in [5.41, 5.74) is 3.17. The molecule has 0 spiro atoms. The molecule has 0 aromatic heterocycles. The lowest BCUT2D eigenvalue weighted by atomic mass is 9.95. The maximum absolute atomic E-state index is 11.7. The first-order valence-electron chi connectivity index (χ1n) is 11.1. The van der Waals surface area contributed by atoms with E-state index >= 15 is 0 Å². The fourth-order valence-electron chi connectivity index (χ4n) is 3.31. The van der Waals surface area contributed by atoms with Gasteiger partial charge in [0, 0.05) is 36.3 Å². The topological polar surface area (TPSA) is 66.8 Å². The molecule has 0 amide bonds. The molecule has 1 fully saturated rings. The molecule has 0 unspecified atom stereocenters. The van der Waals surface area contributed by atoms with Crippen LogP contribution in [-0.2, 0) is 4.74 Å². The van der Waals surface area contributed by atoms with Crippen LogP contribution in [0.4, 0.5) is 5.69 Å². The third-order valence-electron chi connectivity index (χ3n) is 5.24. The molecule has 0 bridgehead atoms. The second-order valence-corrected chi connectivity index (χ2v) is 8.57. The van der Waals surface area contributed by atoms with Crippen LogP contribution in [0.2, 0.25) is 0 Å². The maximum Gasteiger partial charge on any atom is 0.193 e. The number of allylic oxidation sites excluding steroid dienone is 1. The van der Waals surface area contributed by atoms with E-state index in [1.165, 1.54) is 19.5 Å². The van der Waals surface area contributed by atoms with E-state index in [4.69, 9.17) is 4.74 Å². The van der Waals surface area contributed by atoms with Crippen LogP contribution in [0.15, 0.2) is 55.1 Å². The van der Waals surface area contributed by atoms with Crippen molar-refractivity contribution in [3.8, 4) is 0 Å². The number of rotatable bonds is 7. The van der Waals surface area contributed by atoms with Gasteiger partial charge in [-0.1, -0.05) is 43.3 Å². The molecule has 0 saturated carbocycles. The van der Waals surface area contributed by atoms with Gasteiger partial charge in [-0.25, -0.2) is 0 Å². The molecule has 1 aliphatic heterocycles. The standard InChI is InChI=1S/C14H19NO2.C13H16O2/c1-2-3-14(16)12-4-6-13(7-5-12)15-8-10-17-11-9-15;1-9(2)10-5-7-11(8-6-10)12(14)13(3,4)15/h4-7H,2-3,8-11H2,1H3;5-8,15H,1H2,2-4H3. The van der Waals surface area contributed by atoms with E-state index in [1.54, 1.807) is 12.1 Å². The number of Topliss-reactive ketones (excluding diaryl/α,β-unsaturated/α-hetero) is 2. The van der Waals surface area contributed by atoms with Gasteiger partial charge in [-0.3, -0.25) is 9.59 Å². The van der Waals surface area contributed by atoms with Gasteiger partial charge >= 0.3 is 0 Å². The van der Waals surface area contributed by atoms with Crippen molar-refractivity contribution in [1.29, 1.82) is 0 Å². The van der Waals surface area contributed by atoms with Crippen molar-refractivity contribution in [2.75, 3.05) is 31.2 Å². The lowest BCUT2D eigenvalue weighted by Crippen LogP contribution is -2.36. The summed E-state index contributed by atoms with van der Waals surface area (Å²) >= 11 is 0. The first kappa shape index (κ1) is 25.5. The molecule has 5 nitrogen and oxygen atoms in total. The van der Waals surface area contributed by atoms with Crippen LogP contribution < -0.4 is 4.90 Å². The summed E-state index contributed by atoms with van der Waals surface area (Å²) in [6.07, 6.45) is 1.54. The lowest BCUT2D eigenvalue weighted by molar-refractivity contribution is 0.0488. The number of carbonyl (C=O) groups is 2. The Balaban J connectivity index is 0.000000229. The summed E-state index contributed by atoms with van der Waals surface area (Å²) < 4.78 is 5.32. The second kappa shape index (κ2) is 11.7. The molecule has 172 valence electrons. The number of hydrogen-bond donors (Lipinski definition) is 1. The Hall–Kier alpha value is -2.76. The fourth-order valence-corrected chi connectivity index (χ4v) is 3.31. The summed E-state index contributed by atoms with van der Waals surface area (Å²) in [6, 6.07) is 15.0. The first-order chi connectivity index (χ1) is 15.1. The first-order valence-corrected chi connectivity index (χ1v) is 11.1. The van der Waals surface area contributed by atoms with Gasteiger partial charge in [0.15, 0.2) is 11.6 Å². The number of hydrogen-bond acceptors (Lipinski definition) is 5. The normalized spacial score (nSPS) is 13.7. The molecule has 1 N–H and O–H groups in total. The molecule has 1 heterocycles. The van der Waals surface area contributed by atoms with E-state index < -0.39 is 5.60 Å². The minimum atomic E-state index is -1.31. The largest absolute Gasteiger partial charge is 0.382 e. The Morgan fingerprint density at radius 1 is 0.969 bits per heavy atom. The van der Waals surface area contributed by atoms with Crippen LogP contribution in [0.5, 0.6) is 0 Å². The van der Waals surface area contributed by atoms with Crippen molar-refractivity contribution in [3.05, 3.63) is 71.8 Å². The molecular weight excluding hydrogens is 402 g/mol. The third kappa shape index (κ3) is 7.43. The van der Waals surface area contributed by atoms with Crippen molar-refractivity contribution >= 4 is 22.8 Å². The Kier molecular flexibility index (Phi) is 9.36. The molecule has 5 heteroatoms. The average molecular weight is 438 g/mol. The molecule has 0 radical (unpaired) electrons. The van der Waals surface area contributed by atoms with Gasteiger partial charge in [-0.15, -0.1) is 0 Å². The molecule has 1 aliphatic rings. The highest BCUT2D eigenvalue weighted by molar-refractivity contribution is 6.01. The third-order valence-corrected chi connectivity index (χ3v) is 5.24. The lowest BCUT2D eigenvalue weighted by Gasteiger charge is -2.28. The molecule has 3 rings (SSSR count). The number of ether oxygens (including phenoxy) is 1.